The second-order valence-electron chi connectivity index (χ2n) is 3.89. The Morgan fingerprint density at radius 3 is 2.60 bits per heavy atom. The zero-order chi connectivity index (χ0) is 15.3. The molecule has 1 aromatic rings. The van der Waals surface area contributed by atoms with Crippen LogP contribution in [0.4, 0.5) is 10.7 Å². The van der Waals surface area contributed by atoms with Crippen LogP contribution in [0.1, 0.15) is 19.3 Å². The standard InChI is InChI=1S/C9H14N4O5S2/c10-7(14)3-1-2-4-12-20(17,18)8-5-6(13(15)16)9(11)19-8/h5,12H,1-4,11H2,(H2,10,14). The Hall–Kier alpha value is -1.72. The number of hydrogen-bond donors (Lipinski definition) is 3. The molecular weight excluding hydrogens is 308 g/mol. The van der Waals surface area contributed by atoms with E-state index in [1.165, 1.54) is 0 Å². The fourth-order valence-corrected chi connectivity index (χ4v) is 3.68. The summed E-state index contributed by atoms with van der Waals surface area (Å²) in [6.07, 6.45) is 1.08. The molecule has 0 saturated carbocycles. The van der Waals surface area contributed by atoms with Crippen molar-refractivity contribution in [2.75, 3.05) is 12.3 Å². The fourth-order valence-electron chi connectivity index (χ4n) is 1.35. The maximum Gasteiger partial charge on any atom is 0.304 e. The van der Waals surface area contributed by atoms with E-state index in [4.69, 9.17) is 11.5 Å². The molecule has 0 aliphatic rings. The number of primary amides is 1. The molecule has 112 valence electrons. The van der Waals surface area contributed by atoms with Crippen molar-refractivity contribution in [2.45, 2.75) is 23.5 Å². The van der Waals surface area contributed by atoms with E-state index in [9.17, 15) is 23.3 Å². The number of anilines is 1. The zero-order valence-electron chi connectivity index (χ0n) is 10.4. The number of sulfonamides is 1. The molecule has 0 spiro atoms. The van der Waals surface area contributed by atoms with Gasteiger partial charge in [0.15, 0.2) is 5.00 Å². The highest BCUT2D eigenvalue weighted by molar-refractivity contribution is 7.91. The van der Waals surface area contributed by atoms with Gasteiger partial charge in [-0.05, 0) is 12.8 Å². The van der Waals surface area contributed by atoms with E-state index in [2.05, 4.69) is 4.72 Å². The highest BCUT2D eigenvalue weighted by atomic mass is 32.2. The van der Waals surface area contributed by atoms with Crippen LogP contribution in [0.25, 0.3) is 0 Å². The molecule has 5 N–H and O–H groups in total. The molecule has 9 nitrogen and oxygen atoms in total. The first kappa shape index (κ1) is 16.3. The van der Waals surface area contributed by atoms with E-state index in [1.807, 2.05) is 0 Å². The van der Waals surface area contributed by atoms with Gasteiger partial charge in [0.05, 0.1) is 4.92 Å². The van der Waals surface area contributed by atoms with Gasteiger partial charge in [-0.15, -0.1) is 0 Å². The fraction of sp³-hybridized carbons (Fsp3) is 0.444. The third-order valence-electron chi connectivity index (χ3n) is 2.32. The van der Waals surface area contributed by atoms with Crippen molar-refractivity contribution in [3.63, 3.8) is 0 Å². The Labute approximate surface area is 119 Å². The van der Waals surface area contributed by atoms with E-state index in [0.717, 1.165) is 6.07 Å². The van der Waals surface area contributed by atoms with Gasteiger partial charge >= 0.3 is 5.69 Å². The van der Waals surface area contributed by atoms with Crippen molar-refractivity contribution >= 4 is 38.0 Å². The molecule has 0 fully saturated rings. The van der Waals surface area contributed by atoms with Gasteiger partial charge in [0, 0.05) is 19.0 Å². The minimum atomic E-state index is -3.83. The third-order valence-corrected chi connectivity index (χ3v) is 5.21. The van der Waals surface area contributed by atoms with Gasteiger partial charge in [-0.3, -0.25) is 14.9 Å². The number of unbranched alkanes of at least 4 members (excludes halogenated alkanes) is 1. The lowest BCUT2D eigenvalue weighted by molar-refractivity contribution is -0.383. The molecule has 1 amide bonds. The van der Waals surface area contributed by atoms with Crippen LogP contribution in [0.2, 0.25) is 0 Å². The summed E-state index contributed by atoms with van der Waals surface area (Å²) in [4.78, 5) is 20.4. The highest BCUT2D eigenvalue weighted by Crippen LogP contribution is 2.34. The number of nitrogens with one attached hydrogen (secondary N) is 1. The summed E-state index contributed by atoms with van der Waals surface area (Å²) in [5.41, 5.74) is 9.90. The van der Waals surface area contributed by atoms with Gasteiger partial charge < -0.3 is 11.5 Å². The van der Waals surface area contributed by atoms with Crippen LogP contribution >= 0.6 is 11.3 Å². The van der Waals surface area contributed by atoms with E-state index < -0.39 is 26.5 Å². The number of carbonyl (C=O) groups is 1. The van der Waals surface area contributed by atoms with E-state index >= 15 is 0 Å². The number of nitrogens with two attached hydrogens (primary N) is 2. The normalized spacial score (nSPS) is 11.4. The van der Waals surface area contributed by atoms with Crippen LogP contribution < -0.4 is 16.2 Å². The summed E-state index contributed by atoms with van der Waals surface area (Å²) in [6.45, 7) is 0.112. The number of thiophene rings is 1. The minimum Gasteiger partial charge on any atom is -0.385 e. The Morgan fingerprint density at radius 2 is 2.10 bits per heavy atom. The summed E-state index contributed by atoms with van der Waals surface area (Å²) in [5, 5.41) is 10.4. The molecule has 1 rings (SSSR count). The number of hydrogen-bond acceptors (Lipinski definition) is 7. The van der Waals surface area contributed by atoms with Crippen LogP contribution in [0.5, 0.6) is 0 Å². The summed E-state index contributed by atoms with van der Waals surface area (Å²) < 4.78 is 25.8. The van der Waals surface area contributed by atoms with Crippen LogP contribution in [-0.4, -0.2) is 25.8 Å². The molecular formula is C9H14N4O5S2. The molecule has 0 atom stereocenters. The summed E-state index contributed by atoms with van der Waals surface area (Å²) >= 11 is 0.630. The Bertz CT molecular complexity index is 610. The van der Waals surface area contributed by atoms with Crippen molar-refractivity contribution in [1.29, 1.82) is 0 Å². The largest absolute Gasteiger partial charge is 0.385 e. The lowest BCUT2D eigenvalue weighted by atomic mass is 10.2. The minimum absolute atomic E-state index is 0.112. The van der Waals surface area contributed by atoms with Crippen molar-refractivity contribution < 1.29 is 18.1 Å². The topological polar surface area (TPSA) is 158 Å². The molecule has 1 aromatic heterocycles. The van der Waals surface area contributed by atoms with E-state index in [1.54, 1.807) is 0 Å². The van der Waals surface area contributed by atoms with E-state index in [-0.39, 0.29) is 22.2 Å². The predicted molar refractivity (Wildman–Crippen MR) is 73.6 cm³/mol. The van der Waals surface area contributed by atoms with E-state index in [0.29, 0.717) is 24.2 Å². The quantitative estimate of drug-likeness (QED) is 0.351. The SMILES string of the molecule is NC(=O)CCCCNS(=O)(=O)c1cc([N+](=O)[O-])c(N)s1. The lowest BCUT2D eigenvalue weighted by Gasteiger charge is -2.03. The summed E-state index contributed by atoms with van der Waals surface area (Å²) in [7, 11) is -3.83. The van der Waals surface area contributed by atoms with Crippen LogP contribution in [0, 0.1) is 10.1 Å². The van der Waals surface area contributed by atoms with Crippen molar-refractivity contribution in [3.8, 4) is 0 Å². The molecule has 0 aliphatic carbocycles. The lowest BCUT2D eigenvalue weighted by Crippen LogP contribution is -2.24. The maximum atomic E-state index is 11.8. The highest BCUT2D eigenvalue weighted by Gasteiger charge is 2.24. The zero-order valence-corrected chi connectivity index (χ0v) is 12.0. The van der Waals surface area contributed by atoms with Crippen molar-refractivity contribution in [1.82, 2.24) is 4.72 Å². The smallest absolute Gasteiger partial charge is 0.304 e. The molecule has 20 heavy (non-hydrogen) atoms. The summed E-state index contributed by atoms with van der Waals surface area (Å²) in [6, 6.07) is 0.922. The molecule has 0 aliphatic heterocycles. The summed E-state index contributed by atoms with van der Waals surface area (Å²) in [5.74, 6) is -0.450. The second-order valence-corrected chi connectivity index (χ2v) is 6.97. The van der Waals surface area contributed by atoms with Gasteiger partial charge in [0.2, 0.25) is 15.9 Å². The number of nitrogen functional groups attached to an aromatic ring is 1. The predicted octanol–water partition coefficient (Wildman–Crippen LogP) is 0.172. The molecule has 0 radical (unpaired) electrons. The number of amides is 1. The first-order chi connectivity index (χ1) is 9.24. The van der Waals surface area contributed by atoms with Gasteiger partial charge in [0.25, 0.3) is 0 Å². The Balaban J connectivity index is 2.63. The molecule has 0 unspecified atom stereocenters. The average molecular weight is 322 g/mol. The molecule has 0 aromatic carbocycles. The Morgan fingerprint density at radius 1 is 1.45 bits per heavy atom. The number of rotatable bonds is 8. The van der Waals surface area contributed by atoms with Crippen molar-refractivity contribution in [2.24, 2.45) is 5.73 Å². The first-order valence-corrected chi connectivity index (χ1v) is 7.85. The molecule has 0 saturated heterocycles. The van der Waals surface area contributed by atoms with Crippen LogP contribution in [-0.2, 0) is 14.8 Å². The second kappa shape index (κ2) is 6.63. The number of carbonyl (C=O) groups excluding carboxylic acids is 1. The maximum absolute atomic E-state index is 11.8. The Kier molecular flexibility index (Phi) is 5.42. The third kappa shape index (κ3) is 4.43. The molecule has 0 bridgehead atoms. The van der Waals surface area contributed by atoms with Gasteiger partial charge in [0.1, 0.15) is 4.21 Å². The van der Waals surface area contributed by atoms with Gasteiger partial charge in [-0.25, -0.2) is 13.1 Å². The number of nitro groups is 1. The van der Waals surface area contributed by atoms with Crippen LogP contribution in [0.3, 0.4) is 0 Å². The number of nitrogens with zero attached hydrogens (tertiary/aromatic N) is 1. The molecule has 11 heteroatoms. The van der Waals surface area contributed by atoms with Gasteiger partial charge in [-0.2, -0.15) is 0 Å². The van der Waals surface area contributed by atoms with Gasteiger partial charge in [-0.1, -0.05) is 11.3 Å². The average Bonchev–Trinajstić information content (AvgIpc) is 2.71. The monoisotopic (exact) mass is 322 g/mol. The first-order valence-electron chi connectivity index (χ1n) is 5.55. The van der Waals surface area contributed by atoms with Crippen molar-refractivity contribution in [3.05, 3.63) is 16.2 Å². The van der Waals surface area contributed by atoms with Crippen LogP contribution in [0.15, 0.2) is 10.3 Å². The molecule has 1 heterocycles.